The van der Waals surface area contributed by atoms with Gasteiger partial charge in [-0.25, -0.2) is 0 Å². The van der Waals surface area contributed by atoms with Crippen LogP contribution in [0.25, 0.3) is 6.08 Å². The van der Waals surface area contributed by atoms with Crippen LogP contribution >= 0.6 is 0 Å². The molecule has 0 bridgehead atoms. The third kappa shape index (κ3) is 4.98. The van der Waals surface area contributed by atoms with Gasteiger partial charge in [-0.1, -0.05) is 140 Å². The first kappa shape index (κ1) is 26.5. The highest BCUT2D eigenvalue weighted by atomic mass is 28.3. The molecule has 0 fully saturated rings. The van der Waals surface area contributed by atoms with E-state index in [0.717, 1.165) is 24.3 Å². The zero-order chi connectivity index (χ0) is 26.1. The SMILES string of the molecule is CC[Si](CC)(c1cccc2c1C=CC2)c1cc(C(C)(C)C)cc(C(C)(C)C)c1OCc1ccccc1. The van der Waals surface area contributed by atoms with E-state index in [1.165, 1.54) is 33.0 Å². The van der Waals surface area contributed by atoms with E-state index in [4.69, 9.17) is 4.74 Å². The summed E-state index contributed by atoms with van der Waals surface area (Å²) in [4.78, 5) is 0. The molecule has 2 heteroatoms. The van der Waals surface area contributed by atoms with E-state index in [2.05, 4.69) is 128 Å². The zero-order valence-electron chi connectivity index (χ0n) is 23.7. The van der Waals surface area contributed by atoms with Crippen LogP contribution in [-0.2, 0) is 23.9 Å². The van der Waals surface area contributed by atoms with E-state index >= 15 is 0 Å². The predicted molar refractivity (Wildman–Crippen MR) is 160 cm³/mol. The fourth-order valence-electron chi connectivity index (χ4n) is 5.73. The van der Waals surface area contributed by atoms with Crippen LogP contribution in [0.1, 0.15) is 83.2 Å². The molecule has 0 unspecified atom stereocenters. The number of rotatable bonds is 7. The molecule has 3 aromatic carbocycles. The first-order valence-corrected chi connectivity index (χ1v) is 16.1. The Kier molecular flexibility index (Phi) is 7.39. The second kappa shape index (κ2) is 10.1. The maximum absolute atomic E-state index is 6.92. The van der Waals surface area contributed by atoms with Crippen molar-refractivity contribution in [3.63, 3.8) is 0 Å². The Hall–Kier alpha value is -2.58. The van der Waals surface area contributed by atoms with Crippen LogP contribution in [0.4, 0.5) is 0 Å². The molecule has 3 aromatic rings. The van der Waals surface area contributed by atoms with Gasteiger partial charge in [0.1, 0.15) is 20.4 Å². The summed E-state index contributed by atoms with van der Waals surface area (Å²) in [6.45, 7) is 19.4. The Morgan fingerprint density at radius 1 is 0.778 bits per heavy atom. The van der Waals surface area contributed by atoms with Crippen LogP contribution in [0, 0.1) is 0 Å². The van der Waals surface area contributed by atoms with Crippen LogP contribution < -0.4 is 15.1 Å². The van der Waals surface area contributed by atoms with Crippen molar-refractivity contribution in [3.05, 3.63) is 94.6 Å². The number of benzene rings is 3. The zero-order valence-corrected chi connectivity index (χ0v) is 24.7. The summed E-state index contributed by atoms with van der Waals surface area (Å²) >= 11 is 0. The first-order chi connectivity index (χ1) is 17.0. The second-order valence-corrected chi connectivity index (χ2v) is 17.1. The molecular formula is C34H44OSi. The molecule has 4 rings (SSSR count). The lowest BCUT2D eigenvalue weighted by Crippen LogP contribution is -2.59. The van der Waals surface area contributed by atoms with Crippen LogP contribution in [0.3, 0.4) is 0 Å². The molecule has 0 N–H and O–H groups in total. The van der Waals surface area contributed by atoms with Crippen LogP contribution in [0.2, 0.25) is 12.1 Å². The molecule has 1 aliphatic rings. The van der Waals surface area contributed by atoms with E-state index in [1.807, 2.05) is 0 Å². The maximum atomic E-state index is 6.92. The standard InChI is InChI=1S/C34H44OSi/c1-9-36(10-2,30-21-15-19-26-18-14-20-28(26)30)31-23-27(33(3,4)5)22-29(34(6,7)8)32(31)35-24-25-16-12-11-13-17-25/h11-17,19-23H,9-10,18,24H2,1-8H3. The highest BCUT2D eigenvalue weighted by molar-refractivity contribution is 7.03. The van der Waals surface area contributed by atoms with E-state index in [-0.39, 0.29) is 10.8 Å². The lowest BCUT2D eigenvalue weighted by Gasteiger charge is -2.38. The smallest absolute Gasteiger partial charge is 0.123 e. The second-order valence-electron chi connectivity index (χ2n) is 12.4. The van der Waals surface area contributed by atoms with Crippen molar-refractivity contribution in [3.8, 4) is 5.75 Å². The van der Waals surface area contributed by atoms with Crippen molar-refractivity contribution < 1.29 is 4.74 Å². The summed E-state index contributed by atoms with van der Waals surface area (Å²) in [7, 11) is -2.13. The van der Waals surface area contributed by atoms with E-state index < -0.39 is 8.07 Å². The third-order valence-electron chi connectivity index (χ3n) is 8.05. The van der Waals surface area contributed by atoms with Crippen LogP contribution in [0.15, 0.2) is 66.7 Å². The molecule has 36 heavy (non-hydrogen) atoms. The topological polar surface area (TPSA) is 9.23 Å². The Bertz CT molecular complexity index is 1230. The molecule has 0 heterocycles. The lowest BCUT2D eigenvalue weighted by atomic mass is 9.80. The molecular weight excluding hydrogens is 452 g/mol. The number of allylic oxidation sites excluding steroid dienone is 1. The first-order valence-electron chi connectivity index (χ1n) is 13.7. The Balaban J connectivity index is 2.03. The minimum Gasteiger partial charge on any atom is -0.489 e. The van der Waals surface area contributed by atoms with E-state index in [1.54, 1.807) is 5.19 Å². The van der Waals surface area contributed by atoms with E-state index in [9.17, 15) is 0 Å². The summed E-state index contributed by atoms with van der Waals surface area (Å²) < 4.78 is 6.92. The van der Waals surface area contributed by atoms with Gasteiger partial charge in [0.25, 0.3) is 0 Å². The molecule has 1 aliphatic carbocycles. The molecule has 0 saturated carbocycles. The van der Waals surface area contributed by atoms with Crippen molar-refractivity contribution in [1.82, 2.24) is 0 Å². The summed E-state index contributed by atoms with van der Waals surface area (Å²) in [6, 6.07) is 24.9. The van der Waals surface area contributed by atoms with Crippen LogP contribution in [-0.4, -0.2) is 8.07 Å². The van der Waals surface area contributed by atoms with Gasteiger partial charge in [0.05, 0.1) is 0 Å². The van der Waals surface area contributed by atoms with Crippen molar-refractivity contribution in [2.45, 2.75) is 91.3 Å². The average molecular weight is 497 g/mol. The van der Waals surface area contributed by atoms with Crippen LogP contribution in [0.5, 0.6) is 5.75 Å². The van der Waals surface area contributed by atoms with Gasteiger partial charge in [-0.05, 0) is 55.4 Å². The van der Waals surface area contributed by atoms with Gasteiger partial charge in [0.15, 0.2) is 0 Å². The van der Waals surface area contributed by atoms with Gasteiger partial charge in [-0.3, -0.25) is 0 Å². The van der Waals surface area contributed by atoms with E-state index in [0.29, 0.717) is 6.61 Å². The maximum Gasteiger partial charge on any atom is 0.123 e. The van der Waals surface area contributed by atoms with Gasteiger partial charge >= 0.3 is 0 Å². The van der Waals surface area contributed by atoms with Gasteiger partial charge < -0.3 is 4.74 Å². The summed E-state index contributed by atoms with van der Waals surface area (Å²) in [5, 5.41) is 3.06. The Morgan fingerprint density at radius 3 is 2.08 bits per heavy atom. The minimum absolute atomic E-state index is 0.0256. The number of fused-ring (bicyclic) bond motifs is 1. The molecule has 0 aromatic heterocycles. The van der Waals surface area contributed by atoms with Gasteiger partial charge in [0, 0.05) is 0 Å². The van der Waals surface area contributed by atoms with Gasteiger partial charge in [-0.15, -0.1) is 0 Å². The molecule has 0 amide bonds. The molecule has 190 valence electrons. The van der Waals surface area contributed by atoms with Crippen molar-refractivity contribution in [2.24, 2.45) is 0 Å². The predicted octanol–water partition coefficient (Wildman–Crippen LogP) is 8.03. The molecule has 0 saturated heterocycles. The highest BCUT2D eigenvalue weighted by Crippen LogP contribution is 2.38. The molecule has 0 radical (unpaired) electrons. The van der Waals surface area contributed by atoms with Crippen molar-refractivity contribution >= 4 is 24.5 Å². The largest absolute Gasteiger partial charge is 0.489 e. The normalized spacial score (nSPS) is 13.7. The van der Waals surface area contributed by atoms with Gasteiger partial charge in [0.2, 0.25) is 0 Å². The lowest BCUT2D eigenvalue weighted by molar-refractivity contribution is 0.299. The fraction of sp³-hybridized carbons (Fsp3) is 0.412. The number of hydrogen-bond acceptors (Lipinski definition) is 1. The van der Waals surface area contributed by atoms with Crippen molar-refractivity contribution in [2.75, 3.05) is 0 Å². The van der Waals surface area contributed by atoms with Gasteiger partial charge in [-0.2, -0.15) is 0 Å². The average Bonchev–Trinajstić information content (AvgIpc) is 3.33. The Labute approximate surface area is 220 Å². The third-order valence-corrected chi connectivity index (χ3v) is 13.3. The van der Waals surface area contributed by atoms with Crippen molar-refractivity contribution in [1.29, 1.82) is 0 Å². The minimum atomic E-state index is -2.13. The molecule has 1 nitrogen and oxygen atoms in total. The summed E-state index contributed by atoms with van der Waals surface area (Å²) in [5.74, 6) is 1.13. The summed E-state index contributed by atoms with van der Waals surface area (Å²) in [6.07, 6.45) is 5.76. The molecule has 0 aliphatic heterocycles. The Morgan fingerprint density at radius 2 is 1.47 bits per heavy atom. The molecule has 0 atom stereocenters. The number of hydrogen-bond donors (Lipinski definition) is 0. The monoisotopic (exact) mass is 496 g/mol. The quantitative estimate of drug-likeness (QED) is 0.301. The number of ether oxygens (including phenoxy) is 1. The molecule has 0 spiro atoms. The fourth-order valence-corrected chi connectivity index (χ4v) is 10.3. The summed E-state index contributed by atoms with van der Waals surface area (Å²) in [5.41, 5.74) is 6.95. The highest BCUT2D eigenvalue weighted by Gasteiger charge is 2.41.